The van der Waals surface area contributed by atoms with Gasteiger partial charge in [0.15, 0.2) is 0 Å². The third-order valence-electron chi connectivity index (χ3n) is 3.92. The first kappa shape index (κ1) is 18.5. The highest BCUT2D eigenvalue weighted by atomic mass is 32.2. The van der Waals surface area contributed by atoms with Crippen LogP contribution in [0.3, 0.4) is 0 Å². The van der Waals surface area contributed by atoms with Crippen molar-refractivity contribution >= 4 is 28.4 Å². The minimum atomic E-state index is -0.397. The van der Waals surface area contributed by atoms with E-state index in [2.05, 4.69) is 4.98 Å². The molecule has 3 rings (SSSR count). The molecule has 0 radical (unpaired) electrons. The largest absolute Gasteiger partial charge is 0.300 e. The van der Waals surface area contributed by atoms with Crippen LogP contribution >= 0.6 is 11.8 Å². The van der Waals surface area contributed by atoms with Crippen LogP contribution in [0.25, 0.3) is 10.9 Å². The van der Waals surface area contributed by atoms with E-state index >= 15 is 0 Å². The Balaban J connectivity index is 2.12. The Hall–Kier alpha value is -2.27. The molecule has 2 aromatic carbocycles. The van der Waals surface area contributed by atoms with E-state index in [4.69, 9.17) is 5.41 Å². The second-order valence-corrected chi connectivity index (χ2v) is 9.04. The molecular formula is C21H20F2N2S. The number of hydrogen-bond donors (Lipinski definition) is 1. The number of fused-ring (bicyclic) bond motifs is 1. The second-order valence-electron chi connectivity index (χ2n) is 7.20. The van der Waals surface area contributed by atoms with E-state index in [1.807, 2.05) is 20.8 Å². The molecule has 26 heavy (non-hydrogen) atoms. The third-order valence-corrected chi connectivity index (χ3v) is 5.13. The van der Waals surface area contributed by atoms with Crippen LogP contribution in [0.2, 0.25) is 0 Å². The summed E-state index contributed by atoms with van der Waals surface area (Å²) in [6.07, 6.45) is 1.47. The van der Waals surface area contributed by atoms with Gasteiger partial charge in [-0.15, -0.1) is 11.8 Å². The summed E-state index contributed by atoms with van der Waals surface area (Å²) in [6, 6.07) is 9.89. The number of rotatable bonds is 3. The summed E-state index contributed by atoms with van der Waals surface area (Å²) >= 11 is 1.40. The fourth-order valence-electron chi connectivity index (χ4n) is 2.67. The van der Waals surface area contributed by atoms with Crippen molar-refractivity contribution in [3.05, 3.63) is 70.9 Å². The fraction of sp³-hybridized carbons (Fsp3) is 0.238. The number of pyridine rings is 1. The smallest absolute Gasteiger partial charge is 0.149 e. The molecule has 0 bridgehead atoms. The Labute approximate surface area is 156 Å². The molecule has 1 N–H and O–H groups in total. The van der Waals surface area contributed by atoms with Gasteiger partial charge in [0.1, 0.15) is 17.2 Å². The molecule has 5 heteroatoms. The lowest BCUT2D eigenvalue weighted by atomic mass is 10.0. The molecule has 0 unspecified atom stereocenters. The molecular weight excluding hydrogens is 350 g/mol. The van der Waals surface area contributed by atoms with Gasteiger partial charge >= 0.3 is 0 Å². The van der Waals surface area contributed by atoms with Crippen molar-refractivity contribution in [2.45, 2.75) is 37.3 Å². The summed E-state index contributed by atoms with van der Waals surface area (Å²) in [6.45, 7) is 7.74. The van der Waals surface area contributed by atoms with Crippen LogP contribution in [-0.4, -0.2) is 15.4 Å². The Morgan fingerprint density at radius 1 is 1.12 bits per heavy atom. The molecule has 0 amide bonds. The fourth-order valence-corrected chi connectivity index (χ4v) is 3.82. The lowest BCUT2D eigenvalue weighted by molar-refractivity contribution is 0.590. The molecule has 0 aliphatic rings. The van der Waals surface area contributed by atoms with E-state index in [0.717, 1.165) is 0 Å². The second kappa shape index (κ2) is 6.80. The van der Waals surface area contributed by atoms with E-state index in [1.54, 1.807) is 37.3 Å². The molecule has 0 atom stereocenters. The molecule has 0 saturated carbocycles. The summed E-state index contributed by atoms with van der Waals surface area (Å²) in [7, 11) is 0. The first-order valence-electron chi connectivity index (χ1n) is 8.29. The van der Waals surface area contributed by atoms with Crippen molar-refractivity contribution < 1.29 is 8.78 Å². The number of benzene rings is 2. The van der Waals surface area contributed by atoms with Gasteiger partial charge in [-0.25, -0.2) is 8.78 Å². The molecule has 134 valence electrons. The molecule has 0 aliphatic heterocycles. The molecule has 2 nitrogen and oxygen atoms in total. The van der Waals surface area contributed by atoms with E-state index < -0.39 is 5.82 Å². The van der Waals surface area contributed by atoms with Crippen LogP contribution in [0.1, 0.15) is 37.5 Å². The highest BCUT2D eigenvalue weighted by Crippen LogP contribution is 2.38. The zero-order valence-corrected chi connectivity index (χ0v) is 16.0. The zero-order valence-electron chi connectivity index (χ0n) is 15.2. The number of aryl methyl sites for hydroxylation is 1. The molecule has 1 aromatic heterocycles. The number of thioether (sulfide) groups is 1. The number of nitrogens with zero attached hydrogens (tertiary/aromatic N) is 1. The summed E-state index contributed by atoms with van der Waals surface area (Å²) in [5, 5.41) is 9.22. The van der Waals surface area contributed by atoms with Gasteiger partial charge in [-0.2, -0.15) is 0 Å². The van der Waals surface area contributed by atoms with Gasteiger partial charge in [0.25, 0.3) is 0 Å². The number of para-hydroxylation sites is 1. The van der Waals surface area contributed by atoms with Crippen LogP contribution in [-0.2, 0) is 0 Å². The predicted octanol–water partition coefficient (Wildman–Crippen LogP) is 6.13. The van der Waals surface area contributed by atoms with Crippen molar-refractivity contribution in [3.63, 3.8) is 0 Å². The van der Waals surface area contributed by atoms with Crippen LogP contribution in [0.4, 0.5) is 8.78 Å². The predicted molar refractivity (Wildman–Crippen MR) is 104 cm³/mol. The van der Waals surface area contributed by atoms with Gasteiger partial charge in [0.05, 0.1) is 10.6 Å². The molecule has 1 heterocycles. The van der Waals surface area contributed by atoms with E-state index in [0.29, 0.717) is 27.0 Å². The maximum Gasteiger partial charge on any atom is 0.149 e. The van der Waals surface area contributed by atoms with Crippen molar-refractivity contribution in [1.29, 1.82) is 5.41 Å². The highest BCUT2D eigenvalue weighted by Gasteiger charge is 2.22. The van der Waals surface area contributed by atoms with Gasteiger partial charge in [0.2, 0.25) is 0 Å². The van der Waals surface area contributed by atoms with E-state index in [-0.39, 0.29) is 21.8 Å². The van der Waals surface area contributed by atoms with Crippen molar-refractivity contribution in [2.24, 2.45) is 0 Å². The lowest BCUT2D eigenvalue weighted by Gasteiger charge is -2.21. The normalized spacial score (nSPS) is 11.8. The number of hydrogen-bond acceptors (Lipinski definition) is 3. The first-order chi connectivity index (χ1) is 12.2. The Morgan fingerprint density at radius 2 is 1.85 bits per heavy atom. The Bertz CT molecular complexity index is 1010. The van der Waals surface area contributed by atoms with Crippen molar-refractivity contribution in [3.8, 4) is 0 Å². The Kier molecular flexibility index (Phi) is 4.84. The van der Waals surface area contributed by atoms with Gasteiger partial charge in [-0.3, -0.25) is 10.4 Å². The minimum Gasteiger partial charge on any atom is -0.300 e. The molecule has 0 fully saturated rings. The van der Waals surface area contributed by atoms with E-state index in [9.17, 15) is 8.78 Å². The van der Waals surface area contributed by atoms with E-state index in [1.165, 1.54) is 24.0 Å². The number of aromatic nitrogens is 1. The van der Waals surface area contributed by atoms with Crippen LogP contribution in [0, 0.1) is 24.0 Å². The maximum atomic E-state index is 14.8. The number of halogens is 2. The van der Waals surface area contributed by atoms with Crippen LogP contribution in [0.15, 0.2) is 47.5 Å². The maximum absolute atomic E-state index is 14.8. The topological polar surface area (TPSA) is 36.7 Å². The van der Waals surface area contributed by atoms with Gasteiger partial charge in [0, 0.05) is 27.5 Å². The summed E-state index contributed by atoms with van der Waals surface area (Å²) in [5.41, 5.74) is 2.04. The number of nitrogens with one attached hydrogen (secondary N) is 1. The summed E-state index contributed by atoms with van der Waals surface area (Å²) in [5.74, 6) is -0.696. The standard InChI is InChI=1S/C21H20F2N2S/c1-12-8-9-15(20(17(12)23)26-21(2,3)4)18(24)14-10-13-6-5-7-16(22)19(13)25-11-14/h5-11,24H,1-4H3. The van der Waals surface area contributed by atoms with Gasteiger partial charge in [-0.1, -0.05) is 45.0 Å². The quantitative estimate of drug-likeness (QED) is 0.445. The molecule has 0 saturated heterocycles. The van der Waals surface area contributed by atoms with Crippen LogP contribution in [0.5, 0.6) is 0 Å². The molecule has 0 spiro atoms. The lowest BCUT2D eigenvalue weighted by Crippen LogP contribution is -2.12. The monoisotopic (exact) mass is 370 g/mol. The minimum absolute atomic E-state index is 0.175. The Morgan fingerprint density at radius 3 is 2.54 bits per heavy atom. The average molecular weight is 370 g/mol. The highest BCUT2D eigenvalue weighted by molar-refractivity contribution is 8.00. The SMILES string of the molecule is Cc1ccc(C(=N)c2cnc3c(F)cccc3c2)c(SC(C)(C)C)c1F. The molecule has 3 aromatic rings. The molecule has 0 aliphatic carbocycles. The van der Waals surface area contributed by atoms with Crippen molar-refractivity contribution in [1.82, 2.24) is 4.98 Å². The van der Waals surface area contributed by atoms with Crippen molar-refractivity contribution in [2.75, 3.05) is 0 Å². The first-order valence-corrected chi connectivity index (χ1v) is 9.11. The summed E-state index contributed by atoms with van der Waals surface area (Å²) in [4.78, 5) is 4.62. The third kappa shape index (κ3) is 3.63. The van der Waals surface area contributed by atoms with Gasteiger partial charge < -0.3 is 0 Å². The van der Waals surface area contributed by atoms with Crippen LogP contribution < -0.4 is 0 Å². The summed E-state index contributed by atoms with van der Waals surface area (Å²) < 4.78 is 28.4. The van der Waals surface area contributed by atoms with Gasteiger partial charge in [-0.05, 0) is 24.6 Å². The average Bonchev–Trinajstić information content (AvgIpc) is 2.57. The zero-order chi connectivity index (χ0) is 19.1.